The molecule has 2 atom stereocenters. The summed E-state index contributed by atoms with van der Waals surface area (Å²) in [7, 11) is 0. The number of carboxylic acid groups (broad SMARTS) is 1. The van der Waals surface area contributed by atoms with Gasteiger partial charge in [0.2, 0.25) is 11.8 Å². The Balaban J connectivity index is 0.000000422. The number of hydrogen-bond acceptors (Lipinski definition) is 10. The third-order valence-electron chi connectivity index (χ3n) is 10.7. The fourth-order valence-corrected chi connectivity index (χ4v) is 7.19. The number of aliphatic hydroxyl groups excluding tert-OH is 3. The molecule has 13 nitrogen and oxygen atoms in total. The predicted octanol–water partition coefficient (Wildman–Crippen LogP) is 8.52. The number of nitriles is 2. The van der Waals surface area contributed by atoms with Crippen molar-refractivity contribution in [2.24, 2.45) is 11.8 Å². The Hall–Kier alpha value is -6.38. The van der Waals surface area contributed by atoms with Crippen molar-refractivity contribution >= 4 is 23.8 Å². The average Bonchev–Trinajstić information content (AvgIpc) is 3.32. The van der Waals surface area contributed by atoms with Gasteiger partial charge in [-0.25, -0.2) is 4.79 Å². The van der Waals surface area contributed by atoms with Gasteiger partial charge in [-0.1, -0.05) is 139 Å². The molecule has 4 rings (SSSR count). The summed E-state index contributed by atoms with van der Waals surface area (Å²) in [6, 6.07) is 33.5. The first-order chi connectivity index (χ1) is 31.7. The van der Waals surface area contributed by atoms with Crippen LogP contribution in [0.5, 0.6) is 0 Å². The summed E-state index contributed by atoms with van der Waals surface area (Å²) in [5.41, 5.74) is 6.59. The van der Waals surface area contributed by atoms with E-state index in [0.717, 1.165) is 59.1 Å². The van der Waals surface area contributed by atoms with Gasteiger partial charge in [0.1, 0.15) is 12.6 Å². The van der Waals surface area contributed by atoms with Crippen LogP contribution in [-0.4, -0.2) is 92.5 Å². The minimum Gasteiger partial charge on any atom is -0.480 e. The van der Waals surface area contributed by atoms with E-state index in [1.807, 2.05) is 126 Å². The summed E-state index contributed by atoms with van der Waals surface area (Å²) >= 11 is 0. The standard InChI is InChI=1S/C27H34N2O4.C24H28N2O3.C2H6O2/c1-4-5-10-26(31)29(25(20(2)3)17-27(32)33-16-15-30)19-21-11-13-22(14-12-21)24-9-7-6-8-23(24)18-28;1-4-5-10-22(27)26(23(17(2)3)24(28)29)16-18-11-13-19(14-12-18)21-9-7-6-8-20(21)15-25;3-1-2-4/h6-9,11-14,20,25,30H,4-5,10,15-17,19H2,1-3H3;6-9,11-14,17,23H,4-5,10,16H2,1-3H3,(H,28,29);3-4H,1-2H2/t25-;23-;/m10./s1. The number of aliphatic hydroxyl groups is 3. The molecule has 0 aliphatic heterocycles. The number of unbranched alkanes of at least 4 members (excludes halogenated alkanes) is 2. The predicted molar refractivity (Wildman–Crippen MR) is 255 cm³/mol. The number of amides is 2. The first-order valence-electron chi connectivity index (χ1n) is 22.7. The molecule has 0 bridgehead atoms. The fourth-order valence-electron chi connectivity index (χ4n) is 7.19. The Kier molecular flexibility index (Phi) is 25.9. The summed E-state index contributed by atoms with van der Waals surface area (Å²) in [6.07, 6.45) is 4.19. The third-order valence-corrected chi connectivity index (χ3v) is 10.7. The number of hydrogen-bond donors (Lipinski definition) is 4. The summed E-state index contributed by atoms with van der Waals surface area (Å²) in [6.45, 7) is 11.8. The Morgan fingerprint density at radius 1 is 0.606 bits per heavy atom. The van der Waals surface area contributed by atoms with Gasteiger partial charge in [-0.2, -0.15) is 10.5 Å². The Morgan fingerprint density at radius 2 is 1.03 bits per heavy atom. The molecule has 0 aliphatic rings. The number of benzene rings is 4. The van der Waals surface area contributed by atoms with Gasteiger partial charge in [0, 0.05) is 32.0 Å². The van der Waals surface area contributed by atoms with Gasteiger partial charge in [0.15, 0.2) is 0 Å². The lowest BCUT2D eigenvalue weighted by molar-refractivity contribution is -0.153. The summed E-state index contributed by atoms with van der Waals surface area (Å²) in [5.74, 6) is -1.65. The number of esters is 1. The molecular formula is C53H68N4O9. The second-order valence-corrected chi connectivity index (χ2v) is 16.4. The van der Waals surface area contributed by atoms with Gasteiger partial charge in [-0.3, -0.25) is 14.4 Å². The van der Waals surface area contributed by atoms with E-state index in [1.165, 1.54) is 4.90 Å². The molecule has 354 valence electrons. The van der Waals surface area contributed by atoms with Crippen molar-refractivity contribution in [3.63, 3.8) is 0 Å². The smallest absolute Gasteiger partial charge is 0.326 e. The fraction of sp³-hybridized carbons (Fsp3) is 0.434. The number of rotatable bonds is 22. The highest BCUT2D eigenvalue weighted by molar-refractivity contribution is 5.84. The van der Waals surface area contributed by atoms with Crippen molar-refractivity contribution in [2.75, 3.05) is 26.4 Å². The number of carbonyl (C=O) groups excluding carboxylic acids is 3. The van der Waals surface area contributed by atoms with E-state index in [4.69, 9.17) is 20.1 Å². The molecule has 0 heterocycles. The third kappa shape index (κ3) is 18.2. The summed E-state index contributed by atoms with van der Waals surface area (Å²) < 4.78 is 5.07. The number of nitrogens with zero attached hydrogens (tertiary/aromatic N) is 4. The molecule has 0 aromatic heterocycles. The number of aliphatic carboxylic acids is 1. The van der Waals surface area contributed by atoms with Crippen LogP contribution in [-0.2, 0) is 37.0 Å². The van der Waals surface area contributed by atoms with Gasteiger partial charge in [-0.05, 0) is 70.2 Å². The zero-order valence-corrected chi connectivity index (χ0v) is 39.4. The van der Waals surface area contributed by atoms with Crippen LogP contribution in [0.25, 0.3) is 22.3 Å². The van der Waals surface area contributed by atoms with Gasteiger partial charge < -0.3 is 35.0 Å². The monoisotopic (exact) mass is 904 g/mol. The lowest BCUT2D eigenvalue weighted by Crippen LogP contribution is -2.47. The van der Waals surface area contributed by atoms with Gasteiger partial charge in [-0.15, -0.1) is 0 Å². The van der Waals surface area contributed by atoms with E-state index in [9.17, 15) is 34.8 Å². The van der Waals surface area contributed by atoms with Crippen molar-refractivity contribution < 1.29 is 44.3 Å². The first-order valence-corrected chi connectivity index (χ1v) is 22.7. The first kappa shape index (κ1) is 55.8. The number of carboxylic acids is 1. The molecule has 0 fully saturated rings. The average molecular weight is 905 g/mol. The molecule has 4 N–H and O–H groups in total. The molecule has 66 heavy (non-hydrogen) atoms. The zero-order chi connectivity index (χ0) is 49.0. The van der Waals surface area contributed by atoms with Gasteiger partial charge in [0.25, 0.3) is 0 Å². The van der Waals surface area contributed by atoms with Gasteiger partial charge >= 0.3 is 11.9 Å². The highest BCUT2D eigenvalue weighted by Gasteiger charge is 2.32. The van der Waals surface area contributed by atoms with E-state index in [1.54, 1.807) is 17.0 Å². The van der Waals surface area contributed by atoms with E-state index < -0.39 is 18.0 Å². The molecule has 0 unspecified atom stereocenters. The summed E-state index contributed by atoms with van der Waals surface area (Å²) in [4.78, 5) is 53.3. The molecule has 13 heteroatoms. The molecule has 2 amide bonds. The maximum absolute atomic E-state index is 13.1. The van der Waals surface area contributed by atoms with E-state index in [2.05, 4.69) is 12.1 Å². The van der Waals surface area contributed by atoms with Crippen molar-refractivity contribution in [1.82, 2.24) is 9.80 Å². The normalized spacial score (nSPS) is 11.4. The zero-order valence-electron chi connectivity index (χ0n) is 39.4. The Labute approximate surface area is 390 Å². The minimum absolute atomic E-state index is 0.0180. The molecular weight excluding hydrogens is 837 g/mol. The maximum Gasteiger partial charge on any atom is 0.326 e. The van der Waals surface area contributed by atoms with Crippen LogP contribution in [0.4, 0.5) is 0 Å². The van der Waals surface area contributed by atoms with Crippen LogP contribution in [0.3, 0.4) is 0 Å². The van der Waals surface area contributed by atoms with Crippen LogP contribution in [0.2, 0.25) is 0 Å². The minimum atomic E-state index is -0.982. The van der Waals surface area contributed by atoms with Crippen LogP contribution >= 0.6 is 0 Å². The van der Waals surface area contributed by atoms with E-state index >= 15 is 0 Å². The maximum atomic E-state index is 13.1. The Morgan fingerprint density at radius 3 is 1.39 bits per heavy atom. The van der Waals surface area contributed by atoms with Crippen molar-refractivity contribution in [3.8, 4) is 34.4 Å². The largest absolute Gasteiger partial charge is 0.480 e. The second-order valence-electron chi connectivity index (χ2n) is 16.4. The number of ether oxygens (including phenoxy) is 1. The SMILES string of the molecule is CCCCC(=O)N(Cc1ccc(-c2ccccc2C#N)cc1)[C@H](C(=O)O)C(C)C.CCCCC(=O)N(Cc1ccc(-c2ccccc2C#N)cc1)[C@H](CC(=O)OCCO)C(C)C.OCCO. The molecule has 0 aliphatic carbocycles. The van der Waals surface area contributed by atoms with Crippen LogP contribution in [0.15, 0.2) is 97.1 Å². The quantitative estimate of drug-likeness (QED) is 0.0549. The van der Waals surface area contributed by atoms with E-state index in [0.29, 0.717) is 30.5 Å². The van der Waals surface area contributed by atoms with E-state index in [-0.39, 0.29) is 69.1 Å². The molecule has 0 saturated heterocycles. The molecule has 0 saturated carbocycles. The lowest BCUT2D eigenvalue weighted by atomic mass is 9.96. The molecule has 4 aromatic rings. The lowest BCUT2D eigenvalue weighted by Gasteiger charge is -2.34. The van der Waals surface area contributed by atoms with Crippen molar-refractivity contribution in [2.45, 2.75) is 112 Å². The Bertz CT molecular complexity index is 2170. The van der Waals surface area contributed by atoms with Crippen LogP contribution in [0.1, 0.15) is 109 Å². The molecule has 0 radical (unpaired) electrons. The van der Waals surface area contributed by atoms with Crippen molar-refractivity contribution in [3.05, 3.63) is 119 Å². The molecule has 0 spiro atoms. The number of carbonyl (C=O) groups is 4. The second kappa shape index (κ2) is 30.7. The summed E-state index contributed by atoms with van der Waals surface area (Å²) in [5, 5.41) is 52.5. The van der Waals surface area contributed by atoms with Crippen LogP contribution in [0, 0.1) is 34.5 Å². The highest BCUT2D eigenvalue weighted by Crippen LogP contribution is 2.27. The van der Waals surface area contributed by atoms with Crippen LogP contribution < -0.4 is 0 Å². The highest BCUT2D eigenvalue weighted by atomic mass is 16.5. The van der Waals surface area contributed by atoms with Gasteiger partial charge in [0.05, 0.1) is 49.5 Å². The topological polar surface area (TPSA) is 212 Å². The molecule has 4 aromatic carbocycles. The van der Waals surface area contributed by atoms with Crippen molar-refractivity contribution in [1.29, 1.82) is 10.5 Å².